The van der Waals surface area contributed by atoms with E-state index in [-0.39, 0.29) is 11.9 Å². The third kappa shape index (κ3) is 2.78. The van der Waals surface area contributed by atoms with Crippen molar-refractivity contribution in [3.8, 4) is 0 Å². The highest BCUT2D eigenvalue weighted by atomic mass is 79.9. The van der Waals surface area contributed by atoms with Gasteiger partial charge < -0.3 is 10.6 Å². The van der Waals surface area contributed by atoms with Gasteiger partial charge in [-0.15, -0.1) is 0 Å². The maximum Gasteiger partial charge on any atom is 0.231 e. The van der Waals surface area contributed by atoms with Crippen molar-refractivity contribution in [3.05, 3.63) is 62.0 Å². The Hall–Kier alpha value is -1.17. The minimum Gasteiger partial charge on any atom is -0.320 e. The van der Waals surface area contributed by atoms with Crippen LogP contribution in [0.3, 0.4) is 0 Å². The number of amides is 1. The van der Waals surface area contributed by atoms with E-state index in [4.69, 9.17) is 5.73 Å². The van der Waals surface area contributed by atoms with Gasteiger partial charge in [0.15, 0.2) is 0 Å². The van der Waals surface area contributed by atoms with Crippen molar-refractivity contribution in [3.63, 3.8) is 0 Å². The van der Waals surface area contributed by atoms with Gasteiger partial charge in [0.05, 0.1) is 12.5 Å². The molecule has 0 bridgehead atoms. The van der Waals surface area contributed by atoms with E-state index < -0.39 is 0 Å². The molecule has 0 saturated heterocycles. The number of halogens is 2. The molecule has 1 aliphatic heterocycles. The Morgan fingerprint density at radius 1 is 1.10 bits per heavy atom. The number of fused-ring (bicyclic) bond motifs is 1. The molecule has 2 aromatic carbocycles. The summed E-state index contributed by atoms with van der Waals surface area (Å²) < 4.78 is 1.97. The summed E-state index contributed by atoms with van der Waals surface area (Å²) in [7, 11) is 1.80. The summed E-state index contributed by atoms with van der Waals surface area (Å²) in [6, 6.07) is 11.8. The zero-order valence-corrected chi connectivity index (χ0v) is 14.6. The number of anilines is 1. The molecule has 1 atom stereocenters. The van der Waals surface area contributed by atoms with Crippen LogP contribution in [0.25, 0.3) is 0 Å². The van der Waals surface area contributed by atoms with Crippen molar-refractivity contribution in [2.45, 2.75) is 12.5 Å². The van der Waals surface area contributed by atoms with Crippen molar-refractivity contribution in [1.82, 2.24) is 0 Å². The lowest BCUT2D eigenvalue weighted by Crippen LogP contribution is -2.20. The van der Waals surface area contributed by atoms with Gasteiger partial charge in [-0.1, -0.05) is 44.0 Å². The lowest BCUT2D eigenvalue weighted by molar-refractivity contribution is -0.117. The largest absolute Gasteiger partial charge is 0.320 e. The van der Waals surface area contributed by atoms with Gasteiger partial charge in [0.1, 0.15) is 0 Å². The van der Waals surface area contributed by atoms with E-state index in [2.05, 4.69) is 31.9 Å². The summed E-state index contributed by atoms with van der Waals surface area (Å²) in [6.07, 6.45) is 0.453. The number of nitrogens with zero attached hydrogens (tertiary/aromatic N) is 1. The van der Waals surface area contributed by atoms with Gasteiger partial charge in [-0.2, -0.15) is 0 Å². The Balaban J connectivity index is 1.98. The Labute approximate surface area is 140 Å². The van der Waals surface area contributed by atoms with Crippen LogP contribution < -0.4 is 10.6 Å². The zero-order chi connectivity index (χ0) is 15.1. The minimum atomic E-state index is -0.217. The second-order valence-electron chi connectivity index (χ2n) is 5.20. The standard InChI is InChI=1S/C16H14Br2N2O/c1-20-14-3-2-9(4-10(14)7-15(20)21)16(19)11-5-12(17)8-13(18)6-11/h2-6,8,16H,7,19H2,1H3. The topological polar surface area (TPSA) is 46.3 Å². The van der Waals surface area contributed by atoms with Gasteiger partial charge in [-0.05, 0) is 41.0 Å². The van der Waals surface area contributed by atoms with E-state index >= 15 is 0 Å². The Kier molecular flexibility index (Phi) is 3.90. The van der Waals surface area contributed by atoms with Crippen molar-refractivity contribution >= 4 is 43.5 Å². The summed E-state index contributed by atoms with van der Waals surface area (Å²) in [5, 5.41) is 0. The first-order valence-electron chi connectivity index (χ1n) is 6.56. The molecule has 3 nitrogen and oxygen atoms in total. The highest BCUT2D eigenvalue weighted by molar-refractivity contribution is 9.11. The number of carbonyl (C=O) groups is 1. The number of hydrogen-bond acceptors (Lipinski definition) is 2. The third-order valence-corrected chi connectivity index (χ3v) is 4.70. The molecule has 1 unspecified atom stereocenters. The van der Waals surface area contributed by atoms with Gasteiger partial charge in [-0.25, -0.2) is 0 Å². The molecule has 2 N–H and O–H groups in total. The molecule has 3 rings (SSSR count). The van der Waals surface area contributed by atoms with E-state index in [0.29, 0.717) is 6.42 Å². The summed E-state index contributed by atoms with van der Waals surface area (Å²) in [5.41, 5.74) is 10.4. The summed E-state index contributed by atoms with van der Waals surface area (Å²) in [6.45, 7) is 0. The molecule has 0 spiro atoms. The summed E-state index contributed by atoms with van der Waals surface area (Å²) >= 11 is 6.96. The number of hydrogen-bond donors (Lipinski definition) is 1. The molecular formula is C16H14Br2N2O. The van der Waals surface area contributed by atoms with Gasteiger partial charge >= 0.3 is 0 Å². The summed E-state index contributed by atoms with van der Waals surface area (Å²) in [4.78, 5) is 13.4. The highest BCUT2D eigenvalue weighted by Gasteiger charge is 2.24. The summed E-state index contributed by atoms with van der Waals surface area (Å²) in [5.74, 6) is 0.126. The predicted molar refractivity (Wildman–Crippen MR) is 91.4 cm³/mol. The number of benzene rings is 2. The fourth-order valence-electron chi connectivity index (χ4n) is 2.63. The number of rotatable bonds is 2. The van der Waals surface area contributed by atoms with E-state index in [1.807, 2.05) is 36.4 Å². The molecular weight excluding hydrogens is 396 g/mol. The van der Waals surface area contributed by atoms with E-state index in [9.17, 15) is 4.79 Å². The molecule has 1 heterocycles. The van der Waals surface area contributed by atoms with E-state index in [0.717, 1.165) is 31.3 Å². The first-order valence-corrected chi connectivity index (χ1v) is 8.15. The fourth-order valence-corrected chi connectivity index (χ4v) is 3.96. The predicted octanol–water partition coefficient (Wildman–Crippen LogP) is 3.78. The van der Waals surface area contributed by atoms with Crippen LogP contribution in [-0.4, -0.2) is 13.0 Å². The molecule has 108 valence electrons. The van der Waals surface area contributed by atoms with Gasteiger partial charge in [0.25, 0.3) is 0 Å². The molecule has 0 saturated carbocycles. The van der Waals surface area contributed by atoms with Crippen molar-refractivity contribution in [2.75, 3.05) is 11.9 Å². The molecule has 21 heavy (non-hydrogen) atoms. The minimum absolute atomic E-state index is 0.126. The third-order valence-electron chi connectivity index (χ3n) is 3.78. The van der Waals surface area contributed by atoms with Crippen LogP contribution in [-0.2, 0) is 11.2 Å². The van der Waals surface area contributed by atoms with Gasteiger partial charge in [0.2, 0.25) is 5.91 Å². The maximum absolute atomic E-state index is 11.8. The van der Waals surface area contributed by atoms with Crippen LogP contribution in [0.5, 0.6) is 0 Å². The first kappa shape index (κ1) is 14.8. The molecule has 1 aliphatic rings. The van der Waals surface area contributed by atoms with Gasteiger partial charge in [-0.3, -0.25) is 4.79 Å². The normalized spacial score (nSPS) is 15.2. The molecule has 0 radical (unpaired) electrons. The van der Waals surface area contributed by atoms with Crippen LogP contribution in [0.15, 0.2) is 45.3 Å². The number of likely N-dealkylation sites (N-methyl/N-ethyl adjacent to an activating group) is 1. The molecule has 2 aromatic rings. The van der Waals surface area contributed by atoms with E-state index in [1.54, 1.807) is 11.9 Å². The smallest absolute Gasteiger partial charge is 0.231 e. The molecule has 5 heteroatoms. The molecule has 0 fully saturated rings. The Bertz CT molecular complexity index is 710. The Morgan fingerprint density at radius 3 is 2.43 bits per heavy atom. The average Bonchev–Trinajstić information content (AvgIpc) is 2.71. The Morgan fingerprint density at radius 2 is 1.76 bits per heavy atom. The fraction of sp³-hybridized carbons (Fsp3) is 0.188. The highest BCUT2D eigenvalue weighted by Crippen LogP contribution is 2.32. The average molecular weight is 410 g/mol. The van der Waals surface area contributed by atoms with Crippen molar-refractivity contribution in [1.29, 1.82) is 0 Å². The van der Waals surface area contributed by atoms with Crippen LogP contribution in [0.1, 0.15) is 22.7 Å². The second-order valence-corrected chi connectivity index (χ2v) is 7.03. The van der Waals surface area contributed by atoms with Crippen LogP contribution >= 0.6 is 31.9 Å². The SMILES string of the molecule is CN1C(=O)Cc2cc(C(N)c3cc(Br)cc(Br)c3)ccc21. The monoisotopic (exact) mass is 408 g/mol. The van der Waals surface area contributed by atoms with E-state index in [1.165, 1.54) is 0 Å². The van der Waals surface area contributed by atoms with Crippen LogP contribution in [0.2, 0.25) is 0 Å². The number of nitrogens with two attached hydrogens (primary N) is 1. The second kappa shape index (κ2) is 5.55. The quantitative estimate of drug-likeness (QED) is 0.820. The molecule has 0 aliphatic carbocycles. The van der Waals surface area contributed by atoms with Crippen molar-refractivity contribution in [2.24, 2.45) is 5.73 Å². The van der Waals surface area contributed by atoms with Crippen LogP contribution in [0, 0.1) is 0 Å². The van der Waals surface area contributed by atoms with Crippen molar-refractivity contribution < 1.29 is 4.79 Å². The first-order chi connectivity index (χ1) is 9.95. The van der Waals surface area contributed by atoms with Crippen LogP contribution in [0.4, 0.5) is 5.69 Å². The molecule has 1 amide bonds. The lowest BCUT2D eigenvalue weighted by atomic mass is 9.97. The maximum atomic E-state index is 11.8. The van der Waals surface area contributed by atoms with Gasteiger partial charge in [0, 0.05) is 21.7 Å². The zero-order valence-electron chi connectivity index (χ0n) is 11.4. The lowest BCUT2D eigenvalue weighted by Gasteiger charge is -2.16. The molecule has 0 aromatic heterocycles. The number of carbonyl (C=O) groups excluding carboxylic acids is 1.